The Morgan fingerprint density at radius 2 is 1.81 bits per heavy atom. The van der Waals surface area contributed by atoms with Gasteiger partial charge in [-0.15, -0.1) is 0 Å². The van der Waals surface area contributed by atoms with Crippen LogP contribution in [0.15, 0.2) is 40.9 Å². The maximum absolute atomic E-state index is 12.6. The quantitative estimate of drug-likeness (QED) is 0.556. The SMILES string of the molecule is CC[C@H](Oc1cc(C)cc(C)c1)C(=O)NCc1nc(-c2ccc(OC)cc2OC)no1. The van der Waals surface area contributed by atoms with E-state index in [1.54, 1.807) is 32.4 Å². The first-order chi connectivity index (χ1) is 14.9. The summed E-state index contributed by atoms with van der Waals surface area (Å²) in [6, 6.07) is 11.2. The van der Waals surface area contributed by atoms with E-state index in [0.717, 1.165) is 11.1 Å². The third kappa shape index (κ3) is 5.53. The van der Waals surface area contributed by atoms with E-state index < -0.39 is 6.10 Å². The van der Waals surface area contributed by atoms with Crippen molar-refractivity contribution in [1.82, 2.24) is 15.5 Å². The van der Waals surface area contributed by atoms with Gasteiger partial charge in [-0.25, -0.2) is 0 Å². The first kappa shape index (κ1) is 22.1. The largest absolute Gasteiger partial charge is 0.497 e. The van der Waals surface area contributed by atoms with E-state index in [9.17, 15) is 4.79 Å². The highest BCUT2D eigenvalue weighted by atomic mass is 16.5. The first-order valence-corrected chi connectivity index (χ1v) is 10.0. The molecule has 0 aliphatic heterocycles. The zero-order valence-electron chi connectivity index (χ0n) is 18.4. The molecular formula is C23H27N3O5. The van der Waals surface area contributed by atoms with Gasteiger partial charge in [0.25, 0.3) is 5.91 Å². The van der Waals surface area contributed by atoms with Crippen LogP contribution in [0.1, 0.15) is 30.4 Å². The average Bonchev–Trinajstić information content (AvgIpc) is 3.23. The van der Waals surface area contributed by atoms with E-state index >= 15 is 0 Å². The van der Waals surface area contributed by atoms with Crippen LogP contribution in [0, 0.1) is 13.8 Å². The van der Waals surface area contributed by atoms with E-state index in [1.165, 1.54) is 0 Å². The number of carbonyl (C=O) groups is 1. The number of hydrogen-bond acceptors (Lipinski definition) is 7. The maximum atomic E-state index is 12.6. The fourth-order valence-corrected chi connectivity index (χ4v) is 3.18. The van der Waals surface area contributed by atoms with Gasteiger partial charge in [-0.05, 0) is 55.7 Å². The monoisotopic (exact) mass is 425 g/mol. The van der Waals surface area contributed by atoms with Crippen LogP contribution in [-0.2, 0) is 11.3 Å². The minimum atomic E-state index is -0.620. The molecule has 0 saturated carbocycles. The highest BCUT2D eigenvalue weighted by molar-refractivity contribution is 5.81. The highest BCUT2D eigenvalue weighted by Gasteiger charge is 2.20. The molecule has 1 atom stereocenters. The minimum absolute atomic E-state index is 0.0943. The lowest BCUT2D eigenvalue weighted by Gasteiger charge is -2.17. The van der Waals surface area contributed by atoms with Crippen molar-refractivity contribution in [2.75, 3.05) is 14.2 Å². The van der Waals surface area contributed by atoms with Crippen molar-refractivity contribution < 1.29 is 23.5 Å². The molecule has 3 rings (SSSR count). The Balaban J connectivity index is 1.65. The number of rotatable bonds is 9. The standard InChI is InChI=1S/C23H27N3O5/c1-6-19(30-17-10-14(2)9-15(3)11-17)23(27)24-13-21-25-22(26-31-21)18-8-7-16(28-4)12-20(18)29-5/h7-12,19H,6,13H2,1-5H3,(H,24,27)/t19-/m0/s1. The third-order valence-electron chi connectivity index (χ3n) is 4.67. The Morgan fingerprint density at radius 3 is 2.45 bits per heavy atom. The number of nitrogens with one attached hydrogen (secondary N) is 1. The molecule has 8 heteroatoms. The molecule has 0 fully saturated rings. The summed E-state index contributed by atoms with van der Waals surface area (Å²) >= 11 is 0. The summed E-state index contributed by atoms with van der Waals surface area (Å²) in [4.78, 5) is 17.0. The lowest BCUT2D eigenvalue weighted by atomic mass is 10.1. The molecule has 0 radical (unpaired) electrons. The molecular weight excluding hydrogens is 398 g/mol. The summed E-state index contributed by atoms with van der Waals surface area (Å²) in [6.07, 6.45) is -0.0954. The molecule has 1 heterocycles. The number of benzene rings is 2. The molecule has 0 bridgehead atoms. The number of aromatic nitrogens is 2. The average molecular weight is 425 g/mol. The van der Waals surface area contributed by atoms with Gasteiger partial charge in [0.15, 0.2) is 6.10 Å². The molecule has 3 aromatic rings. The maximum Gasteiger partial charge on any atom is 0.261 e. The second-order valence-corrected chi connectivity index (χ2v) is 7.13. The van der Waals surface area contributed by atoms with Crippen molar-refractivity contribution in [3.8, 4) is 28.6 Å². The molecule has 31 heavy (non-hydrogen) atoms. The highest BCUT2D eigenvalue weighted by Crippen LogP contribution is 2.31. The lowest BCUT2D eigenvalue weighted by Crippen LogP contribution is -2.37. The fraction of sp³-hybridized carbons (Fsp3) is 0.348. The summed E-state index contributed by atoms with van der Waals surface area (Å²) in [5.41, 5.74) is 2.82. The molecule has 8 nitrogen and oxygen atoms in total. The van der Waals surface area contributed by atoms with Gasteiger partial charge in [0.1, 0.15) is 17.2 Å². The summed E-state index contributed by atoms with van der Waals surface area (Å²) in [6.45, 7) is 5.97. The Hall–Kier alpha value is -3.55. The van der Waals surface area contributed by atoms with Gasteiger partial charge < -0.3 is 24.1 Å². The molecule has 0 aliphatic carbocycles. The van der Waals surface area contributed by atoms with E-state index in [-0.39, 0.29) is 18.3 Å². The number of nitrogens with zero attached hydrogens (tertiary/aromatic N) is 2. The summed E-state index contributed by atoms with van der Waals surface area (Å²) in [5, 5.41) is 6.79. The number of aryl methyl sites for hydroxylation is 2. The zero-order valence-corrected chi connectivity index (χ0v) is 18.4. The lowest BCUT2D eigenvalue weighted by molar-refractivity contribution is -0.128. The normalized spacial score (nSPS) is 11.6. The second-order valence-electron chi connectivity index (χ2n) is 7.13. The van der Waals surface area contributed by atoms with Crippen molar-refractivity contribution in [3.63, 3.8) is 0 Å². The van der Waals surface area contributed by atoms with Crippen LogP contribution in [0.4, 0.5) is 0 Å². The fourth-order valence-electron chi connectivity index (χ4n) is 3.18. The van der Waals surface area contributed by atoms with E-state index in [0.29, 0.717) is 35.1 Å². The van der Waals surface area contributed by atoms with Gasteiger partial charge in [-0.3, -0.25) is 4.79 Å². The van der Waals surface area contributed by atoms with Crippen LogP contribution in [0.3, 0.4) is 0 Å². The molecule has 2 aromatic carbocycles. The van der Waals surface area contributed by atoms with Crippen LogP contribution in [-0.4, -0.2) is 36.4 Å². The van der Waals surface area contributed by atoms with Crippen molar-refractivity contribution >= 4 is 5.91 Å². The number of hydrogen-bond donors (Lipinski definition) is 1. The minimum Gasteiger partial charge on any atom is -0.497 e. The number of methoxy groups -OCH3 is 2. The van der Waals surface area contributed by atoms with E-state index in [2.05, 4.69) is 21.5 Å². The number of ether oxygens (including phenoxy) is 3. The molecule has 0 saturated heterocycles. The van der Waals surface area contributed by atoms with Crippen molar-refractivity contribution in [1.29, 1.82) is 0 Å². The molecule has 0 spiro atoms. The molecule has 0 aliphatic rings. The van der Waals surface area contributed by atoms with Gasteiger partial charge in [-0.2, -0.15) is 4.98 Å². The smallest absolute Gasteiger partial charge is 0.261 e. The summed E-state index contributed by atoms with van der Waals surface area (Å²) < 4.78 is 21.8. The molecule has 0 unspecified atom stereocenters. The predicted molar refractivity (Wildman–Crippen MR) is 115 cm³/mol. The Labute approximate surface area is 181 Å². The zero-order chi connectivity index (χ0) is 22.4. The van der Waals surface area contributed by atoms with Crippen molar-refractivity contribution in [3.05, 3.63) is 53.4 Å². The van der Waals surface area contributed by atoms with Gasteiger partial charge in [0.2, 0.25) is 11.7 Å². The van der Waals surface area contributed by atoms with Gasteiger partial charge in [0, 0.05) is 6.07 Å². The van der Waals surface area contributed by atoms with Crippen LogP contribution in [0.25, 0.3) is 11.4 Å². The summed E-state index contributed by atoms with van der Waals surface area (Å²) in [5.74, 6) is 2.29. The van der Waals surface area contributed by atoms with Crippen molar-refractivity contribution in [2.24, 2.45) is 0 Å². The van der Waals surface area contributed by atoms with Gasteiger partial charge in [0.05, 0.1) is 26.3 Å². The predicted octanol–water partition coefficient (Wildman–Crippen LogP) is 3.84. The third-order valence-corrected chi connectivity index (χ3v) is 4.67. The van der Waals surface area contributed by atoms with E-state index in [4.69, 9.17) is 18.7 Å². The molecule has 1 N–H and O–H groups in total. The molecule has 164 valence electrons. The van der Waals surface area contributed by atoms with E-state index in [1.807, 2.05) is 32.9 Å². The number of amides is 1. The van der Waals surface area contributed by atoms with Crippen molar-refractivity contribution in [2.45, 2.75) is 39.8 Å². The van der Waals surface area contributed by atoms with Gasteiger partial charge >= 0.3 is 0 Å². The topological polar surface area (TPSA) is 95.7 Å². The first-order valence-electron chi connectivity index (χ1n) is 10.0. The van der Waals surface area contributed by atoms with Gasteiger partial charge in [-0.1, -0.05) is 18.1 Å². The molecule has 1 aromatic heterocycles. The second kappa shape index (κ2) is 9.97. The molecule has 1 amide bonds. The summed E-state index contributed by atoms with van der Waals surface area (Å²) in [7, 11) is 3.14. The Kier molecular flexibility index (Phi) is 7.12. The Morgan fingerprint density at radius 1 is 1.06 bits per heavy atom. The number of carbonyl (C=O) groups excluding carboxylic acids is 1. The van der Waals surface area contributed by atoms with Crippen LogP contribution in [0.2, 0.25) is 0 Å². The van der Waals surface area contributed by atoms with Crippen LogP contribution >= 0.6 is 0 Å². The Bertz CT molecular complexity index is 1030. The van der Waals surface area contributed by atoms with Crippen LogP contribution in [0.5, 0.6) is 17.2 Å². The van der Waals surface area contributed by atoms with Crippen LogP contribution < -0.4 is 19.5 Å².